The summed E-state index contributed by atoms with van der Waals surface area (Å²) in [6.07, 6.45) is 1.49. The normalized spacial score (nSPS) is 10.0. The lowest BCUT2D eigenvalue weighted by atomic mass is 10.2. The minimum absolute atomic E-state index is 0.322. The molecule has 0 saturated heterocycles. The Bertz CT molecular complexity index is 570. The molecule has 1 aromatic carbocycles. The third-order valence-corrected chi connectivity index (χ3v) is 2.55. The summed E-state index contributed by atoms with van der Waals surface area (Å²) in [6.45, 7) is 2.08. The number of anilines is 1. The van der Waals surface area contributed by atoms with Crippen LogP contribution in [0.15, 0.2) is 36.5 Å². The summed E-state index contributed by atoms with van der Waals surface area (Å²) in [5, 5.41) is 2.89. The first-order valence-electron chi connectivity index (χ1n) is 6.03. The van der Waals surface area contributed by atoms with E-state index in [4.69, 9.17) is 4.74 Å². The van der Waals surface area contributed by atoms with Gasteiger partial charge < -0.3 is 10.1 Å². The topological polar surface area (TPSA) is 64.1 Å². The van der Waals surface area contributed by atoms with Crippen LogP contribution in [0.25, 0.3) is 11.4 Å². The number of esters is 1. The Morgan fingerprint density at radius 2 is 2.05 bits per heavy atom. The minimum Gasteiger partial charge on any atom is -0.462 e. The summed E-state index contributed by atoms with van der Waals surface area (Å²) in [6, 6.07) is 9.58. The summed E-state index contributed by atoms with van der Waals surface area (Å²) in [4.78, 5) is 20.3. The molecule has 0 fully saturated rings. The molecule has 5 heteroatoms. The quantitative estimate of drug-likeness (QED) is 0.852. The molecule has 1 N–H and O–H groups in total. The van der Waals surface area contributed by atoms with Crippen LogP contribution in [-0.4, -0.2) is 29.6 Å². The number of hydrogen-bond acceptors (Lipinski definition) is 5. The van der Waals surface area contributed by atoms with Gasteiger partial charge in [-0.25, -0.2) is 14.8 Å². The number of carbonyl (C=O) groups is 1. The Hall–Kier alpha value is -2.43. The van der Waals surface area contributed by atoms with Crippen LogP contribution in [0, 0.1) is 0 Å². The highest BCUT2D eigenvalue weighted by molar-refractivity contribution is 5.94. The van der Waals surface area contributed by atoms with Crippen LogP contribution in [0.4, 0.5) is 5.82 Å². The summed E-state index contributed by atoms with van der Waals surface area (Å²) in [7, 11) is 1.71. The van der Waals surface area contributed by atoms with Gasteiger partial charge in [0.05, 0.1) is 6.61 Å². The third-order valence-electron chi connectivity index (χ3n) is 2.55. The van der Waals surface area contributed by atoms with E-state index in [1.54, 1.807) is 14.0 Å². The molecule has 19 heavy (non-hydrogen) atoms. The van der Waals surface area contributed by atoms with Gasteiger partial charge in [-0.1, -0.05) is 30.3 Å². The van der Waals surface area contributed by atoms with Gasteiger partial charge in [0.25, 0.3) is 0 Å². The zero-order valence-electron chi connectivity index (χ0n) is 10.9. The van der Waals surface area contributed by atoms with Crippen molar-refractivity contribution in [2.45, 2.75) is 6.92 Å². The monoisotopic (exact) mass is 257 g/mol. The van der Waals surface area contributed by atoms with Crippen molar-refractivity contribution in [2.24, 2.45) is 0 Å². The summed E-state index contributed by atoms with van der Waals surface area (Å²) < 4.78 is 4.96. The average molecular weight is 257 g/mol. The van der Waals surface area contributed by atoms with Gasteiger partial charge in [0.2, 0.25) is 0 Å². The second-order valence-electron chi connectivity index (χ2n) is 3.79. The van der Waals surface area contributed by atoms with Gasteiger partial charge in [-0.3, -0.25) is 0 Å². The smallest absolute Gasteiger partial charge is 0.343 e. The predicted molar refractivity (Wildman–Crippen MR) is 73.0 cm³/mol. The van der Waals surface area contributed by atoms with E-state index in [1.807, 2.05) is 30.3 Å². The van der Waals surface area contributed by atoms with Crippen LogP contribution in [0.1, 0.15) is 17.3 Å². The lowest BCUT2D eigenvalue weighted by molar-refractivity contribution is 0.0526. The largest absolute Gasteiger partial charge is 0.462 e. The highest BCUT2D eigenvalue weighted by Gasteiger charge is 2.15. The van der Waals surface area contributed by atoms with Gasteiger partial charge in [-0.05, 0) is 6.92 Å². The van der Waals surface area contributed by atoms with Crippen LogP contribution >= 0.6 is 0 Å². The Morgan fingerprint density at radius 1 is 1.32 bits per heavy atom. The standard InChI is InChI=1S/C14H15N3O2/c1-3-19-14(18)11-9-16-12(17-13(11)15-2)10-7-5-4-6-8-10/h4-9H,3H2,1-2H3,(H,15,16,17). The highest BCUT2D eigenvalue weighted by Crippen LogP contribution is 2.19. The first-order valence-corrected chi connectivity index (χ1v) is 6.03. The van der Waals surface area contributed by atoms with E-state index in [0.29, 0.717) is 23.8 Å². The molecule has 5 nitrogen and oxygen atoms in total. The maximum atomic E-state index is 11.7. The van der Waals surface area contributed by atoms with Crippen molar-refractivity contribution in [1.29, 1.82) is 0 Å². The number of benzene rings is 1. The fourth-order valence-corrected chi connectivity index (χ4v) is 1.66. The number of ether oxygens (including phenoxy) is 1. The average Bonchev–Trinajstić information content (AvgIpc) is 2.47. The Morgan fingerprint density at radius 3 is 2.68 bits per heavy atom. The molecule has 0 aliphatic rings. The zero-order chi connectivity index (χ0) is 13.7. The van der Waals surface area contributed by atoms with Gasteiger partial charge in [0.15, 0.2) is 5.82 Å². The molecule has 0 unspecified atom stereocenters. The molecule has 0 radical (unpaired) electrons. The Labute approximate surface area is 111 Å². The third kappa shape index (κ3) is 2.88. The molecule has 0 amide bonds. The van der Waals surface area contributed by atoms with Crippen molar-refractivity contribution >= 4 is 11.8 Å². The molecule has 98 valence electrons. The van der Waals surface area contributed by atoms with E-state index in [9.17, 15) is 4.79 Å². The lowest BCUT2D eigenvalue weighted by Gasteiger charge is -2.08. The fourth-order valence-electron chi connectivity index (χ4n) is 1.66. The molecule has 1 heterocycles. The second kappa shape index (κ2) is 5.95. The van der Waals surface area contributed by atoms with Crippen molar-refractivity contribution in [3.63, 3.8) is 0 Å². The molecule has 0 saturated carbocycles. The molecule has 0 aliphatic heterocycles. The number of rotatable bonds is 4. The number of nitrogens with zero attached hydrogens (tertiary/aromatic N) is 2. The van der Waals surface area contributed by atoms with Gasteiger partial charge >= 0.3 is 5.97 Å². The van der Waals surface area contributed by atoms with Crippen LogP contribution in [0.2, 0.25) is 0 Å². The molecule has 0 atom stereocenters. The van der Waals surface area contributed by atoms with Gasteiger partial charge in [-0.15, -0.1) is 0 Å². The minimum atomic E-state index is -0.425. The van der Waals surface area contributed by atoms with E-state index < -0.39 is 5.97 Å². The van der Waals surface area contributed by atoms with Crippen LogP contribution in [0.3, 0.4) is 0 Å². The number of carbonyl (C=O) groups excluding carboxylic acids is 1. The molecule has 0 spiro atoms. The maximum Gasteiger partial charge on any atom is 0.343 e. The fraction of sp³-hybridized carbons (Fsp3) is 0.214. The first kappa shape index (κ1) is 13.0. The molecule has 2 rings (SSSR count). The lowest BCUT2D eigenvalue weighted by Crippen LogP contribution is -2.10. The zero-order valence-corrected chi connectivity index (χ0v) is 10.9. The molecule has 2 aromatic rings. The van der Waals surface area contributed by atoms with Crippen molar-refractivity contribution in [1.82, 2.24) is 9.97 Å². The van der Waals surface area contributed by atoms with E-state index in [2.05, 4.69) is 15.3 Å². The van der Waals surface area contributed by atoms with Gasteiger partial charge in [0, 0.05) is 18.8 Å². The van der Waals surface area contributed by atoms with Crippen molar-refractivity contribution < 1.29 is 9.53 Å². The van der Waals surface area contributed by atoms with Crippen molar-refractivity contribution in [2.75, 3.05) is 19.0 Å². The van der Waals surface area contributed by atoms with Crippen LogP contribution < -0.4 is 5.32 Å². The van der Waals surface area contributed by atoms with E-state index in [-0.39, 0.29) is 0 Å². The van der Waals surface area contributed by atoms with Crippen molar-refractivity contribution in [3.8, 4) is 11.4 Å². The summed E-state index contributed by atoms with van der Waals surface area (Å²) >= 11 is 0. The summed E-state index contributed by atoms with van der Waals surface area (Å²) in [5.74, 6) is 0.608. The molecular weight excluding hydrogens is 242 g/mol. The van der Waals surface area contributed by atoms with Crippen LogP contribution in [0.5, 0.6) is 0 Å². The van der Waals surface area contributed by atoms with E-state index in [0.717, 1.165) is 5.56 Å². The molecule has 0 aliphatic carbocycles. The SMILES string of the molecule is CCOC(=O)c1cnc(-c2ccccc2)nc1NC. The van der Waals surface area contributed by atoms with Crippen molar-refractivity contribution in [3.05, 3.63) is 42.1 Å². The molecular formula is C14H15N3O2. The molecule has 1 aromatic heterocycles. The maximum absolute atomic E-state index is 11.7. The van der Waals surface area contributed by atoms with Gasteiger partial charge in [-0.2, -0.15) is 0 Å². The molecule has 0 bridgehead atoms. The number of nitrogens with one attached hydrogen (secondary N) is 1. The van der Waals surface area contributed by atoms with Crippen LogP contribution in [-0.2, 0) is 4.74 Å². The van der Waals surface area contributed by atoms with E-state index >= 15 is 0 Å². The van der Waals surface area contributed by atoms with Gasteiger partial charge in [0.1, 0.15) is 11.4 Å². The van der Waals surface area contributed by atoms with E-state index in [1.165, 1.54) is 6.20 Å². The first-order chi connectivity index (χ1) is 9.26. The number of hydrogen-bond donors (Lipinski definition) is 1. The second-order valence-corrected chi connectivity index (χ2v) is 3.79. The summed E-state index contributed by atoms with van der Waals surface area (Å²) in [5.41, 5.74) is 1.23. The highest BCUT2D eigenvalue weighted by atomic mass is 16.5. The Kier molecular flexibility index (Phi) is 4.07. The Balaban J connectivity index is 2.39. The number of aromatic nitrogens is 2. The predicted octanol–water partition coefficient (Wildman–Crippen LogP) is 2.36.